The van der Waals surface area contributed by atoms with Gasteiger partial charge in [0.1, 0.15) is 0 Å². The monoisotopic (exact) mass is 277 g/mol. The fourth-order valence-corrected chi connectivity index (χ4v) is 3.84. The summed E-state index contributed by atoms with van der Waals surface area (Å²) in [6.07, 6.45) is 22.3. The first-order valence-electron chi connectivity index (χ1n) is 9.31. The van der Waals surface area contributed by atoms with Crippen molar-refractivity contribution in [2.45, 2.75) is 84.0 Å². The standard InChI is InChI=1S/C19H35N/c1-2-3-4-6-9-18-10-12-19(13-11-18)14-17-20-15-7-5-8-16-20/h14,17-19H,2-13,15-16H2,1H3/b17-14+. The first-order valence-corrected chi connectivity index (χ1v) is 9.31. The van der Waals surface area contributed by atoms with Gasteiger partial charge in [-0.25, -0.2) is 0 Å². The van der Waals surface area contributed by atoms with Crippen molar-refractivity contribution >= 4 is 0 Å². The van der Waals surface area contributed by atoms with Gasteiger partial charge in [-0.05, 0) is 63.0 Å². The lowest BCUT2D eigenvalue weighted by atomic mass is 9.80. The molecule has 1 heterocycles. The molecule has 0 amide bonds. The van der Waals surface area contributed by atoms with Gasteiger partial charge in [-0.15, -0.1) is 0 Å². The molecule has 0 bridgehead atoms. The summed E-state index contributed by atoms with van der Waals surface area (Å²) in [5.74, 6) is 1.93. The zero-order valence-electron chi connectivity index (χ0n) is 13.7. The second-order valence-electron chi connectivity index (χ2n) is 7.07. The number of piperidine rings is 1. The molecular formula is C19H35N. The van der Waals surface area contributed by atoms with Gasteiger partial charge < -0.3 is 4.90 Å². The zero-order valence-corrected chi connectivity index (χ0v) is 13.7. The number of unbranched alkanes of at least 4 members (excludes halogenated alkanes) is 3. The third-order valence-corrected chi connectivity index (χ3v) is 5.32. The topological polar surface area (TPSA) is 3.24 Å². The average Bonchev–Trinajstić information content (AvgIpc) is 2.52. The van der Waals surface area contributed by atoms with Crippen LogP contribution in [0, 0.1) is 11.8 Å². The Morgan fingerprint density at radius 2 is 1.65 bits per heavy atom. The van der Waals surface area contributed by atoms with Crippen molar-refractivity contribution in [1.82, 2.24) is 4.90 Å². The number of hydrogen-bond donors (Lipinski definition) is 0. The minimum absolute atomic E-state index is 0.879. The highest BCUT2D eigenvalue weighted by Crippen LogP contribution is 2.32. The molecule has 0 atom stereocenters. The van der Waals surface area contributed by atoms with E-state index >= 15 is 0 Å². The third-order valence-electron chi connectivity index (χ3n) is 5.32. The van der Waals surface area contributed by atoms with E-state index in [4.69, 9.17) is 0 Å². The molecule has 1 saturated heterocycles. The summed E-state index contributed by atoms with van der Waals surface area (Å²) >= 11 is 0. The molecule has 2 fully saturated rings. The van der Waals surface area contributed by atoms with Crippen LogP contribution in [0.2, 0.25) is 0 Å². The SMILES string of the molecule is CCCCCCC1CCC(/C=C/N2CCCCC2)CC1. The Morgan fingerprint density at radius 3 is 2.35 bits per heavy atom. The van der Waals surface area contributed by atoms with E-state index < -0.39 is 0 Å². The zero-order chi connectivity index (χ0) is 14.0. The molecule has 1 heteroatoms. The molecule has 20 heavy (non-hydrogen) atoms. The average molecular weight is 277 g/mol. The van der Waals surface area contributed by atoms with E-state index in [1.807, 2.05) is 0 Å². The Hall–Kier alpha value is -0.460. The molecular weight excluding hydrogens is 242 g/mol. The molecule has 1 saturated carbocycles. The van der Waals surface area contributed by atoms with Gasteiger partial charge in [0.2, 0.25) is 0 Å². The van der Waals surface area contributed by atoms with Crippen LogP contribution in [-0.4, -0.2) is 18.0 Å². The number of hydrogen-bond acceptors (Lipinski definition) is 1. The highest BCUT2D eigenvalue weighted by atomic mass is 15.1. The summed E-state index contributed by atoms with van der Waals surface area (Å²) in [5.41, 5.74) is 0. The molecule has 0 aromatic heterocycles. The van der Waals surface area contributed by atoms with Crippen molar-refractivity contribution in [2.75, 3.05) is 13.1 Å². The molecule has 2 rings (SSSR count). The maximum Gasteiger partial charge on any atom is 0.0172 e. The largest absolute Gasteiger partial charge is 0.378 e. The van der Waals surface area contributed by atoms with Gasteiger partial charge in [-0.3, -0.25) is 0 Å². The molecule has 0 aromatic rings. The molecule has 0 spiro atoms. The van der Waals surface area contributed by atoms with E-state index in [0.717, 1.165) is 11.8 Å². The fraction of sp³-hybridized carbons (Fsp3) is 0.895. The van der Waals surface area contributed by atoms with Crippen LogP contribution in [0.25, 0.3) is 0 Å². The summed E-state index contributed by atoms with van der Waals surface area (Å²) in [5, 5.41) is 0. The van der Waals surface area contributed by atoms with Crippen LogP contribution in [0.5, 0.6) is 0 Å². The van der Waals surface area contributed by atoms with E-state index in [1.54, 1.807) is 0 Å². The molecule has 116 valence electrons. The van der Waals surface area contributed by atoms with Gasteiger partial charge in [0.15, 0.2) is 0 Å². The summed E-state index contributed by atoms with van der Waals surface area (Å²) in [6, 6.07) is 0. The third kappa shape index (κ3) is 5.89. The van der Waals surface area contributed by atoms with E-state index in [1.165, 1.54) is 90.1 Å². The maximum atomic E-state index is 2.54. The van der Waals surface area contributed by atoms with Crippen LogP contribution < -0.4 is 0 Å². The maximum absolute atomic E-state index is 2.54. The van der Waals surface area contributed by atoms with Crippen LogP contribution in [0.4, 0.5) is 0 Å². The summed E-state index contributed by atoms with van der Waals surface area (Å²) in [6.45, 7) is 4.90. The second-order valence-corrected chi connectivity index (χ2v) is 7.07. The fourth-order valence-electron chi connectivity index (χ4n) is 3.84. The number of nitrogens with zero attached hydrogens (tertiary/aromatic N) is 1. The molecule has 0 aromatic carbocycles. The van der Waals surface area contributed by atoms with Crippen LogP contribution in [0.15, 0.2) is 12.3 Å². The van der Waals surface area contributed by atoms with Gasteiger partial charge in [-0.1, -0.05) is 45.1 Å². The number of allylic oxidation sites excluding steroid dienone is 1. The Morgan fingerprint density at radius 1 is 0.900 bits per heavy atom. The van der Waals surface area contributed by atoms with E-state index in [2.05, 4.69) is 24.1 Å². The van der Waals surface area contributed by atoms with E-state index in [9.17, 15) is 0 Å². The molecule has 0 unspecified atom stereocenters. The lowest BCUT2D eigenvalue weighted by Crippen LogP contribution is -2.24. The second kappa shape index (κ2) is 9.47. The normalized spacial score (nSPS) is 28.1. The van der Waals surface area contributed by atoms with Crippen molar-refractivity contribution in [3.63, 3.8) is 0 Å². The van der Waals surface area contributed by atoms with Gasteiger partial charge >= 0.3 is 0 Å². The van der Waals surface area contributed by atoms with Gasteiger partial charge in [0, 0.05) is 13.1 Å². The van der Waals surface area contributed by atoms with Gasteiger partial charge in [0.05, 0.1) is 0 Å². The molecule has 2 aliphatic rings. The lowest BCUT2D eigenvalue weighted by molar-refractivity contribution is 0.280. The number of likely N-dealkylation sites (tertiary alicyclic amines) is 1. The summed E-state index contributed by atoms with van der Waals surface area (Å²) < 4.78 is 0. The molecule has 1 aliphatic heterocycles. The Balaban J connectivity index is 1.57. The predicted octanol–water partition coefficient (Wildman–Crippen LogP) is 5.76. The van der Waals surface area contributed by atoms with Crippen molar-refractivity contribution in [2.24, 2.45) is 11.8 Å². The first kappa shape index (κ1) is 15.9. The lowest BCUT2D eigenvalue weighted by Gasteiger charge is -2.29. The summed E-state index contributed by atoms with van der Waals surface area (Å²) in [4.78, 5) is 2.54. The van der Waals surface area contributed by atoms with Crippen LogP contribution in [0.3, 0.4) is 0 Å². The van der Waals surface area contributed by atoms with Crippen molar-refractivity contribution in [1.29, 1.82) is 0 Å². The Kier molecular flexibility index (Phi) is 7.54. The molecule has 1 aliphatic carbocycles. The van der Waals surface area contributed by atoms with Crippen LogP contribution in [-0.2, 0) is 0 Å². The quantitative estimate of drug-likeness (QED) is 0.534. The molecule has 0 radical (unpaired) electrons. The highest BCUT2D eigenvalue weighted by Gasteiger charge is 2.19. The summed E-state index contributed by atoms with van der Waals surface area (Å²) in [7, 11) is 0. The van der Waals surface area contributed by atoms with Gasteiger partial charge in [0.25, 0.3) is 0 Å². The van der Waals surface area contributed by atoms with Gasteiger partial charge in [-0.2, -0.15) is 0 Å². The van der Waals surface area contributed by atoms with Crippen molar-refractivity contribution < 1.29 is 0 Å². The van der Waals surface area contributed by atoms with Crippen LogP contribution >= 0.6 is 0 Å². The smallest absolute Gasteiger partial charge is 0.0172 e. The molecule has 1 nitrogen and oxygen atoms in total. The van der Waals surface area contributed by atoms with Crippen LogP contribution in [0.1, 0.15) is 84.0 Å². The predicted molar refractivity (Wildman–Crippen MR) is 88.8 cm³/mol. The Labute approximate surface area is 126 Å². The number of rotatable bonds is 7. The van der Waals surface area contributed by atoms with Crippen molar-refractivity contribution in [3.8, 4) is 0 Å². The minimum atomic E-state index is 0.879. The van der Waals surface area contributed by atoms with Crippen molar-refractivity contribution in [3.05, 3.63) is 12.3 Å². The Bertz CT molecular complexity index is 257. The minimum Gasteiger partial charge on any atom is -0.378 e. The van der Waals surface area contributed by atoms with E-state index in [-0.39, 0.29) is 0 Å². The first-order chi connectivity index (χ1) is 9.88. The highest BCUT2D eigenvalue weighted by molar-refractivity contribution is 4.91. The molecule has 0 N–H and O–H groups in total. The van der Waals surface area contributed by atoms with E-state index in [0.29, 0.717) is 0 Å².